The van der Waals surface area contributed by atoms with Gasteiger partial charge in [0.05, 0.1) is 23.9 Å². The first-order valence-corrected chi connectivity index (χ1v) is 5.34. The number of carbonyl (C=O) groups is 2. The molecule has 2 unspecified atom stereocenters. The predicted octanol–water partition coefficient (Wildman–Crippen LogP) is -0.527. The van der Waals surface area contributed by atoms with Gasteiger partial charge in [-0.25, -0.2) is 10.0 Å². The van der Waals surface area contributed by atoms with E-state index in [1.165, 1.54) is 11.1 Å². The van der Waals surface area contributed by atoms with Crippen LogP contribution in [0.3, 0.4) is 0 Å². The van der Waals surface area contributed by atoms with Crippen molar-refractivity contribution in [1.29, 1.82) is 5.26 Å². The Morgan fingerprint density at radius 1 is 1.68 bits per heavy atom. The number of rotatable bonds is 3. The fraction of sp³-hybridized carbons (Fsp3) is 0.364. The normalized spacial score (nSPS) is 23.7. The highest BCUT2D eigenvalue weighted by atomic mass is 35.5. The van der Waals surface area contributed by atoms with Gasteiger partial charge in [-0.3, -0.25) is 9.59 Å². The number of amides is 1. The van der Waals surface area contributed by atoms with E-state index in [0.717, 1.165) is 0 Å². The van der Waals surface area contributed by atoms with E-state index in [1.54, 1.807) is 5.01 Å². The van der Waals surface area contributed by atoms with Crippen molar-refractivity contribution in [3.05, 3.63) is 23.9 Å². The van der Waals surface area contributed by atoms with Gasteiger partial charge in [-0.1, -0.05) is 6.08 Å². The maximum Gasteiger partial charge on any atom is 0.316 e. The fourth-order valence-corrected chi connectivity index (χ4v) is 2.22. The zero-order valence-electron chi connectivity index (χ0n) is 9.94. The van der Waals surface area contributed by atoms with Crippen LogP contribution in [0.2, 0.25) is 0 Å². The molecule has 0 aliphatic carbocycles. The number of fused-ring (bicyclic) bond motifs is 1. The standard InChI is InChI=1S/C11H12N4O3.ClH/c1-2-7(11(17)18)9-6(3-12)4-14-5-8(13)10(16)15(9)14;/h2,7-8H,1,4-5,13H2,(H,17,18);1H. The van der Waals surface area contributed by atoms with Gasteiger partial charge in [0.1, 0.15) is 12.0 Å². The highest BCUT2D eigenvalue weighted by Gasteiger charge is 2.46. The number of nitrogens with zero attached hydrogens (tertiary/aromatic N) is 3. The monoisotopic (exact) mass is 284 g/mol. The molecule has 0 spiro atoms. The van der Waals surface area contributed by atoms with Gasteiger partial charge < -0.3 is 10.8 Å². The van der Waals surface area contributed by atoms with Gasteiger partial charge in [0, 0.05) is 6.54 Å². The van der Waals surface area contributed by atoms with Gasteiger partial charge in [0.2, 0.25) is 0 Å². The summed E-state index contributed by atoms with van der Waals surface area (Å²) in [5, 5.41) is 21.0. The molecular formula is C11H13ClN4O3. The van der Waals surface area contributed by atoms with Crippen LogP contribution in [-0.2, 0) is 9.59 Å². The van der Waals surface area contributed by atoms with E-state index in [-0.39, 0.29) is 42.7 Å². The minimum Gasteiger partial charge on any atom is -0.481 e. The zero-order chi connectivity index (χ0) is 13.4. The van der Waals surface area contributed by atoms with Gasteiger partial charge in [-0.15, -0.1) is 19.0 Å². The van der Waals surface area contributed by atoms with Crippen LogP contribution in [0.15, 0.2) is 23.9 Å². The SMILES string of the molecule is C=CC(C(=O)O)C1=C(C#N)CN2CC(N)C(=O)N12.Cl. The Balaban J connectivity index is 0.00000180. The third kappa shape index (κ3) is 2.21. The van der Waals surface area contributed by atoms with E-state index < -0.39 is 17.9 Å². The lowest BCUT2D eigenvalue weighted by Crippen LogP contribution is -2.38. The molecule has 0 radical (unpaired) electrons. The minimum absolute atomic E-state index is 0. The molecule has 7 nitrogen and oxygen atoms in total. The van der Waals surface area contributed by atoms with E-state index in [1.807, 2.05) is 6.07 Å². The van der Waals surface area contributed by atoms with Gasteiger partial charge in [-0.05, 0) is 0 Å². The van der Waals surface area contributed by atoms with Gasteiger partial charge >= 0.3 is 5.97 Å². The molecule has 2 aliphatic rings. The molecule has 19 heavy (non-hydrogen) atoms. The number of aliphatic carboxylic acids is 1. The Morgan fingerprint density at radius 3 is 2.79 bits per heavy atom. The molecule has 2 aliphatic heterocycles. The molecule has 0 aromatic heterocycles. The summed E-state index contributed by atoms with van der Waals surface area (Å²) in [7, 11) is 0. The minimum atomic E-state index is -1.15. The van der Waals surface area contributed by atoms with Crippen molar-refractivity contribution >= 4 is 24.3 Å². The highest BCUT2D eigenvalue weighted by molar-refractivity contribution is 5.88. The Labute approximate surface area is 115 Å². The predicted molar refractivity (Wildman–Crippen MR) is 67.6 cm³/mol. The zero-order valence-corrected chi connectivity index (χ0v) is 10.8. The van der Waals surface area contributed by atoms with Crippen LogP contribution in [0.25, 0.3) is 0 Å². The summed E-state index contributed by atoms with van der Waals surface area (Å²) in [6.45, 7) is 3.94. The third-order valence-corrected chi connectivity index (χ3v) is 3.03. The van der Waals surface area contributed by atoms with Crippen LogP contribution < -0.4 is 5.73 Å². The van der Waals surface area contributed by atoms with E-state index in [0.29, 0.717) is 0 Å². The number of carbonyl (C=O) groups excluding carboxylic acids is 1. The molecular weight excluding hydrogens is 272 g/mol. The second-order valence-electron chi connectivity index (χ2n) is 4.13. The summed E-state index contributed by atoms with van der Waals surface area (Å²) in [6, 6.07) is 1.26. The van der Waals surface area contributed by atoms with Crippen LogP contribution in [0.5, 0.6) is 0 Å². The topological polar surface area (TPSA) is 111 Å². The number of halogens is 1. The number of carboxylic acid groups (broad SMARTS) is 1. The molecule has 3 N–H and O–H groups in total. The van der Waals surface area contributed by atoms with E-state index in [9.17, 15) is 9.59 Å². The lowest BCUT2D eigenvalue weighted by molar-refractivity contribution is -0.141. The second-order valence-corrected chi connectivity index (χ2v) is 4.13. The number of hydrogen-bond acceptors (Lipinski definition) is 5. The van der Waals surface area contributed by atoms with Crippen LogP contribution >= 0.6 is 12.4 Å². The van der Waals surface area contributed by atoms with Crippen LogP contribution in [0, 0.1) is 17.2 Å². The largest absolute Gasteiger partial charge is 0.481 e. The van der Waals surface area contributed by atoms with E-state index >= 15 is 0 Å². The second kappa shape index (κ2) is 5.40. The first kappa shape index (κ1) is 15.2. The summed E-state index contributed by atoms with van der Waals surface area (Å²) >= 11 is 0. The van der Waals surface area contributed by atoms with Crippen molar-refractivity contribution in [2.24, 2.45) is 11.7 Å². The molecule has 8 heteroatoms. The maximum atomic E-state index is 11.9. The van der Waals surface area contributed by atoms with Crippen LogP contribution in [0.1, 0.15) is 0 Å². The van der Waals surface area contributed by atoms with Crippen molar-refractivity contribution in [3.8, 4) is 6.07 Å². The smallest absolute Gasteiger partial charge is 0.316 e. The molecule has 0 bridgehead atoms. The summed E-state index contributed by atoms with van der Waals surface area (Å²) < 4.78 is 0. The van der Waals surface area contributed by atoms with Gasteiger partial charge in [-0.2, -0.15) is 5.26 Å². The molecule has 2 atom stereocenters. The molecule has 1 amide bonds. The molecule has 102 valence electrons. The Morgan fingerprint density at radius 2 is 2.32 bits per heavy atom. The Hall–Kier alpha value is -1.88. The van der Waals surface area contributed by atoms with E-state index in [2.05, 4.69) is 6.58 Å². The summed E-state index contributed by atoms with van der Waals surface area (Å²) in [5.74, 6) is -2.62. The molecule has 1 saturated heterocycles. The third-order valence-electron chi connectivity index (χ3n) is 3.03. The molecule has 2 heterocycles. The van der Waals surface area contributed by atoms with E-state index in [4.69, 9.17) is 16.1 Å². The fourth-order valence-electron chi connectivity index (χ4n) is 2.22. The average Bonchev–Trinajstić information content (AvgIpc) is 2.79. The number of hydrazine groups is 1. The lowest BCUT2D eigenvalue weighted by atomic mass is 10.0. The Bertz CT molecular complexity index is 511. The van der Waals surface area contributed by atoms with Crippen molar-refractivity contribution in [1.82, 2.24) is 10.0 Å². The van der Waals surface area contributed by atoms with Crippen molar-refractivity contribution in [3.63, 3.8) is 0 Å². The number of carboxylic acids is 1. The van der Waals surface area contributed by atoms with Gasteiger partial charge in [0.25, 0.3) is 5.91 Å². The summed E-state index contributed by atoms with van der Waals surface area (Å²) in [6.07, 6.45) is 1.20. The lowest BCUT2D eigenvalue weighted by Gasteiger charge is -2.23. The first-order chi connectivity index (χ1) is 8.51. The quantitative estimate of drug-likeness (QED) is 0.674. The summed E-state index contributed by atoms with van der Waals surface area (Å²) in [5.41, 5.74) is 6.05. The van der Waals surface area contributed by atoms with Gasteiger partial charge in [0.15, 0.2) is 0 Å². The molecule has 0 saturated carbocycles. The molecule has 0 aromatic carbocycles. The maximum absolute atomic E-state index is 11.9. The highest BCUT2D eigenvalue weighted by Crippen LogP contribution is 2.33. The van der Waals surface area contributed by atoms with Crippen LogP contribution in [0.4, 0.5) is 0 Å². The van der Waals surface area contributed by atoms with Crippen molar-refractivity contribution < 1.29 is 14.7 Å². The van der Waals surface area contributed by atoms with Crippen molar-refractivity contribution in [2.75, 3.05) is 13.1 Å². The molecule has 1 fully saturated rings. The number of nitriles is 1. The van der Waals surface area contributed by atoms with Crippen LogP contribution in [-0.4, -0.2) is 46.1 Å². The van der Waals surface area contributed by atoms with Crippen molar-refractivity contribution in [2.45, 2.75) is 6.04 Å². The molecule has 2 rings (SSSR count). The number of nitrogens with two attached hydrogens (primary N) is 1. The summed E-state index contributed by atoms with van der Waals surface area (Å²) in [4.78, 5) is 23.0. The first-order valence-electron chi connectivity index (χ1n) is 5.34. The number of hydrogen-bond donors (Lipinski definition) is 2. The Kier molecular flexibility index (Phi) is 4.32. The average molecular weight is 285 g/mol. The molecule has 0 aromatic rings.